The van der Waals surface area contributed by atoms with Crippen LogP contribution in [0.5, 0.6) is 0 Å². The van der Waals surface area contributed by atoms with Gasteiger partial charge in [0.05, 0.1) is 6.54 Å². The Morgan fingerprint density at radius 2 is 2.11 bits per heavy atom. The fourth-order valence-corrected chi connectivity index (χ4v) is 2.51. The summed E-state index contributed by atoms with van der Waals surface area (Å²) in [7, 11) is 0. The van der Waals surface area contributed by atoms with Gasteiger partial charge in [0.15, 0.2) is 0 Å². The van der Waals surface area contributed by atoms with Crippen molar-refractivity contribution in [3.8, 4) is 0 Å². The van der Waals surface area contributed by atoms with Gasteiger partial charge in [0.2, 0.25) is 0 Å². The molecule has 1 saturated heterocycles. The Kier molecular flexibility index (Phi) is 4.66. The summed E-state index contributed by atoms with van der Waals surface area (Å²) in [5.41, 5.74) is 5.55. The summed E-state index contributed by atoms with van der Waals surface area (Å²) >= 11 is 0. The largest absolute Gasteiger partial charge is 0.330 e. The molecule has 2 N–H and O–H groups in total. The van der Waals surface area contributed by atoms with Crippen LogP contribution in [0.4, 0.5) is 8.78 Å². The standard InChI is InChI=1S/C12H20F2N4/c13-12(14)18-8-5-16-11(18)9-17-6-2-10(1-4-15)3-7-17/h5,8,10,12H,1-4,6-7,9,15H2. The Morgan fingerprint density at radius 1 is 1.39 bits per heavy atom. The van der Waals surface area contributed by atoms with E-state index < -0.39 is 6.55 Å². The molecule has 18 heavy (non-hydrogen) atoms. The highest BCUT2D eigenvalue weighted by Gasteiger charge is 2.21. The van der Waals surface area contributed by atoms with Crippen LogP contribution < -0.4 is 5.73 Å². The first-order chi connectivity index (χ1) is 8.70. The number of hydrogen-bond acceptors (Lipinski definition) is 3. The fraction of sp³-hybridized carbons (Fsp3) is 0.750. The van der Waals surface area contributed by atoms with Crippen LogP contribution in [-0.4, -0.2) is 34.1 Å². The van der Waals surface area contributed by atoms with Crippen molar-refractivity contribution >= 4 is 0 Å². The van der Waals surface area contributed by atoms with E-state index in [0.717, 1.165) is 43.5 Å². The summed E-state index contributed by atoms with van der Waals surface area (Å²) in [5, 5.41) is 0. The number of piperidine rings is 1. The molecule has 1 aromatic rings. The normalized spacial score (nSPS) is 18.7. The molecule has 0 atom stereocenters. The minimum atomic E-state index is -2.50. The molecule has 1 aliphatic heterocycles. The first-order valence-electron chi connectivity index (χ1n) is 6.43. The van der Waals surface area contributed by atoms with E-state index >= 15 is 0 Å². The summed E-state index contributed by atoms with van der Waals surface area (Å²) < 4.78 is 26.3. The van der Waals surface area contributed by atoms with Gasteiger partial charge in [0, 0.05) is 12.4 Å². The topological polar surface area (TPSA) is 47.1 Å². The summed E-state index contributed by atoms with van der Waals surface area (Å²) in [6.07, 6.45) is 6.04. The maximum Gasteiger partial charge on any atom is 0.319 e. The van der Waals surface area contributed by atoms with Crippen molar-refractivity contribution in [2.75, 3.05) is 19.6 Å². The molecule has 4 nitrogen and oxygen atoms in total. The number of halogens is 2. The Labute approximate surface area is 106 Å². The molecule has 6 heteroatoms. The van der Waals surface area contributed by atoms with Gasteiger partial charge < -0.3 is 5.73 Å². The van der Waals surface area contributed by atoms with Crippen molar-refractivity contribution < 1.29 is 8.78 Å². The lowest BCUT2D eigenvalue weighted by molar-refractivity contribution is 0.0622. The number of rotatable bonds is 5. The number of imidazole rings is 1. The van der Waals surface area contributed by atoms with E-state index in [1.165, 1.54) is 12.4 Å². The molecular weight excluding hydrogens is 238 g/mol. The van der Waals surface area contributed by atoms with Gasteiger partial charge >= 0.3 is 6.55 Å². The molecule has 0 aromatic carbocycles. The molecule has 0 bridgehead atoms. The van der Waals surface area contributed by atoms with Crippen LogP contribution in [0.25, 0.3) is 0 Å². The highest BCUT2D eigenvalue weighted by Crippen LogP contribution is 2.22. The Bertz CT molecular complexity index is 359. The van der Waals surface area contributed by atoms with Gasteiger partial charge in [-0.1, -0.05) is 0 Å². The second kappa shape index (κ2) is 6.24. The first-order valence-corrected chi connectivity index (χ1v) is 6.43. The molecule has 0 aliphatic carbocycles. The minimum Gasteiger partial charge on any atom is -0.330 e. The van der Waals surface area contributed by atoms with E-state index in [0.29, 0.717) is 18.3 Å². The van der Waals surface area contributed by atoms with Gasteiger partial charge in [0.1, 0.15) is 5.82 Å². The predicted molar refractivity (Wildman–Crippen MR) is 65.2 cm³/mol. The maximum absolute atomic E-state index is 12.7. The molecule has 1 aromatic heterocycles. The molecule has 0 spiro atoms. The summed E-state index contributed by atoms with van der Waals surface area (Å²) in [5.74, 6) is 1.14. The van der Waals surface area contributed by atoms with Crippen LogP contribution in [0.2, 0.25) is 0 Å². The minimum absolute atomic E-state index is 0.447. The second-order valence-electron chi connectivity index (χ2n) is 4.83. The number of likely N-dealkylation sites (tertiary alicyclic amines) is 1. The third-order valence-corrected chi connectivity index (χ3v) is 3.61. The molecule has 2 rings (SSSR count). The highest BCUT2D eigenvalue weighted by molar-refractivity contribution is 4.93. The summed E-state index contributed by atoms with van der Waals surface area (Å²) in [6.45, 7) is 0.631. The summed E-state index contributed by atoms with van der Waals surface area (Å²) in [6, 6.07) is 0. The van der Waals surface area contributed by atoms with Gasteiger partial charge in [-0.3, -0.25) is 9.47 Å². The summed E-state index contributed by atoms with van der Waals surface area (Å²) in [4.78, 5) is 6.20. The van der Waals surface area contributed by atoms with E-state index in [1.807, 2.05) is 0 Å². The number of alkyl halides is 2. The average molecular weight is 258 g/mol. The quantitative estimate of drug-likeness (QED) is 0.876. The van der Waals surface area contributed by atoms with Crippen molar-refractivity contribution in [3.63, 3.8) is 0 Å². The van der Waals surface area contributed by atoms with Crippen molar-refractivity contribution in [1.29, 1.82) is 0 Å². The van der Waals surface area contributed by atoms with E-state index in [-0.39, 0.29) is 0 Å². The molecule has 1 aliphatic rings. The molecule has 2 heterocycles. The number of hydrogen-bond donors (Lipinski definition) is 1. The molecule has 0 amide bonds. The fourth-order valence-electron chi connectivity index (χ4n) is 2.51. The van der Waals surface area contributed by atoms with E-state index in [9.17, 15) is 8.78 Å². The number of aromatic nitrogens is 2. The van der Waals surface area contributed by atoms with Crippen LogP contribution in [-0.2, 0) is 6.54 Å². The van der Waals surface area contributed by atoms with Crippen molar-refractivity contribution in [2.45, 2.75) is 32.4 Å². The van der Waals surface area contributed by atoms with Crippen LogP contribution in [0.1, 0.15) is 31.6 Å². The smallest absolute Gasteiger partial charge is 0.319 e. The Balaban J connectivity index is 1.86. The lowest BCUT2D eigenvalue weighted by Crippen LogP contribution is -2.34. The second-order valence-corrected chi connectivity index (χ2v) is 4.83. The molecular formula is C12H20F2N4. The van der Waals surface area contributed by atoms with E-state index in [1.54, 1.807) is 0 Å². The third-order valence-electron chi connectivity index (χ3n) is 3.61. The van der Waals surface area contributed by atoms with Crippen molar-refractivity contribution in [1.82, 2.24) is 14.5 Å². The maximum atomic E-state index is 12.7. The number of nitrogens with zero attached hydrogens (tertiary/aromatic N) is 3. The molecule has 1 fully saturated rings. The lowest BCUT2D eigenvalue weighted by Gasteiger charge is -2.31. The zero-order valence-corrected chi connectivity index (χ0v) is 10.4. The lowest BCUT2D eigenvalue weighted by atomic mass is 9.94. The van der Waals surface area contributed by atoms with Crippen molar-refractivity contribution in [3.05, 3.63) is 18.2 Å². The van der Waals surface area contributed by atoms with Gasteiger partial charge in [-0.2, -0.15) is 8.78 Å². The molecule has 0 radical (unpaired) electrons. The van der Waals surface area contributed by atoms with Crippen LogP contribution in [0, 0.1) is 5.92 Å². The van der Waals surface area contributed by atoms with Crippen molar-refractivity contribution in [2.24, 2.45) is 11.7 Å². The van der Waals surface area contributed by atoms with Crippen LogP contribution in [0.15, 0.2) is 12.4 Å². The van der Waals surface area contributed by atoms with Gasteiger partial charge in [-0.15, -0.1) is 0 Å². The highest BCUT2D eigenvalue weighted by atomic mass is 19.3. The molecule has 0 unspecified atom stereocenters. The van der Waals surface area contributed by atoms with Gasteiger partial charge in [0.25, 0.3) is 0 Å². The average Bonchev–Trinajstić information content (AvgIpc) is 2.80. The Morgan fingerprint density at radius 3 is 2.72 bits per heavy atom. The SMILES string of the molecule is NCCC1CCN(Cc2nccn2C(F)F)CC1. The number of nitrogens with two attached hydrogens (primary N) is 1. The molecule has 0 saturated carbocycles. The zero-order valence-electron chi connectivity index (χ0n) is 10.4. The van der Waals surface area contributed by atoms with Crippen LogP contribution >= 0.6 is 0 Å². The monoisotopic (exact) mass is 258 g/mol. The Hall–Kier alpha value is -1.01. The zero-order chi connectivity index (χ0) is 13.0. The predicted octanol–water partition coefficient (Wildman–Crippen LogP) is 1.84. The van der Waals surface area contributed by atoms with Gasteiger partial charge in [-0.05, 0) is 44.8 Å². The van der Waals surface area contributed by atoms with Gasteiger partial charge in [-0.25, -0.2) is 4.98 Å². The molecule has 102 valence electrons. The first kappa shape index (κ1) is 13.4. The van der Waals surface area contributed by atoms with Crippen LogP contribution in [0.3, 0.4) is 0 Å². The van der Waals surface area contributed by atoms with E-state index in [4.69, 9.17) is 5.73 Å². The van der Waals surface area contributed by atoms with E-state index in [2.05, 4.69) is 9.88 Å². The third kappa shape index (κ3) is 3.26.